The number of nitrogens with zero attached hydrogens (tertiary/aromatic N) is 2. The summed E-state index contributed by atoms with van der Waals surface area (Å²) in [4.78, 5) is 36.7. The quantitative estimate of drug-likeness (QED) is 0.175. The van der Waals surface area contributed by atoms with Crippen molar-refractivity contribution < 1.29 is 24.0 Å². The minimum Gasteiger partial charge on any atom is -0.461 e. The summed E-state index contributed by atoms with van der Waals surface area (Å²) in [5, 5.41) is 11.5. The zero-order valence-electron chi connectivity index (χ0n) is 19.0. The molecule has 0 radical (unpaired) electrons. The van der Waals surface area contributed by atoms with E-state index in [4.69, 9.17) is 20.9 Å². The van der Waals surface area contributed by atoms with Crippen molar-refractivity contribution in [3.63, 3.8) is 0 Å². The maximum absolute atomic E-state index is 12.5. The average Bonchev–Trinajstić information content (AvgIpc) is 2.87. The van der Waals surface area contributed by atoms with Crippen molar-refractivity contribution in [3.8, 4) is 0 Å². The molecule has 1 fully saturated rings. The van der Waals surface area contributed by atoms with Crippen molar-refractivity contribution in [1.82, 2.24) is 4.90 Å². The number of carbonyl (C=O) groups is 2. The summed E-state index contributed by atoms with van der Waals surface area (Å²) in [5.74, 6) is -1.33. The zero-order chi connectivity index (χ0) is 24.7. The molecule has 182 valence electrons. The number of para-hydroxylation sites is 1. The van der Waals surface area contributed by atoms with Crippen molar-refractivity contribution >= 4 is 18.1 Å². The molecule has 0 amide bonds. The number of esters is 1. The summed E-state index contributed by atoms with van der Waals surface area (Å²) in [6.45, 7) is 3.07. The molecule has 3 rings (SSSR count). The van der Waals surface area contributed by atoms with Crippen LogP contribution in [0.2, 0.25) is 0 Å². The molecule has 4 N–H and O–H groups in total. The van der Waals surface area contributed by atoms with E-state index >= 15 is 0 Å². The largest absolute Gasteiger partial charge is 0.461 e. The Labute approximate surface area is 198 Å². The van der Waals surface area contributed by atoms with E-state index in [9.17, 15) is 19.7 Å². The first-order chi connectivity index (χ1) is 16.3. The van der Waals surface area contributed by atoms with Crippen LogP contribution >= 0.6 is 0 Å². The smallest absolute Gasteiger partial charge is 0.311 e. The van der Waals surface area contributed by atoms with Crippen LogP contribution in [0, 0.1) is 22.0 Å². The van der Waals surface area contributed by atoms with Crippen molar-refractivity contribution in [1.29, 1.82) is 0 Å². The molecule has 1 saturated heterocycles. The second-order valence-corrected chi connectivity index (χ2v) is 8.46. The first-order valence-electron chi connectivity index (χ1n) is 11.1. The lowest BCUT2D eigenvalue weighted by Gasteiger charge is -2.43. The third kappa shape index (κ3) is 5.58. The van der Waals surface area contributed by atoms with E-state index < -0.39 is 28.7 Å². The number of rotatable bonds is 10. The van der Waals surface area contributed by atoms with Gasteiger partial charge in [0.2, 0.25) is 0 Å². The Morgan fingerprint density at radius 2 is 1.82 bits per heavy atom. The molecule has 1 heterocycles. The lowest BCUT2D eigenvalue weighted by Crippen LogP contribution is -2.56. The van der Waals surface area contributed by atoms with Gasteiger partial charge in [0.15, 0.2) is 5.72 Å². The minimum absolute atomic E-state index is 0.146. The molecule has 0 saturated carbocycles. The number of piperidine rings is 1. The monoisotopic (exact) mass is 470 g/mol. The van der Waals surface area contributed by atoms with Crippen molar-refractivity contribution in [2.24, 2.45) is 23.3 Å². The van der Waals surface area contributed by atoms with E-state index in [1.807, 2.05) is 35.2 Å². The predicted molar refractivity (Wildman–Crippen MR) is 124 cm³/mol. The maximum atomic E-state index is 12.5. The SMILES string of the molecule is CC(C(=O)OCc1ccccc1)C(N)N1CCC(C(N)(OC=O)c2ccccc2[N+](=O)[O-])CC1. The summed E-state index contributed by atoms with van der Waals surface area (Å²) in [6.07, 6.45) is 0.362. The van der Waals surface area contributed by atoms with Gasteiger partial charge in [0, 0.05) is 25.1 Å². The van der Waals surface area contributed by atoms with Crippen LogP contribution in [-0.2, 0) is 31.4 Å². The number of carbonyl (C=O) groups excluding carboxylic acids is 2. The highest BCUT2D eigenvalue weighted by molar-refractivity contribution is 5.72. The topological polar surface area (TPSA) is 151 Å². The molecule has 0 aliphatic carbocycles. The van der Waals surface area contributed by atoms with E-state index in [1.165, 1.54) is 18.2 Å². The van der Waals surface area contributed by atoms with Gasteiger partial charge in [-0.3, -0.25) is 30.3 Å². The van der Waals surface area contributed by atoms with E-state index in [0.717, 1.165) is 5.56 Å². The Bertz CT molecular complexity index is 996. The fourth-order valence-electron chi connectivity index (χ4n) is 4.36. The lowest BCUT2D eigenvalue weighted by molar-refractivity contribution is -0.387. The molecule has 0 aromatic heterocycles. The maximum Gasteiger partial charge on any atom is 0.311 e. The van der Waals surface area contributed by atoms with Gasteiger partial charge in [0.1, 0.15) is 6.61 Å². The van der Waals surface area contributed by atoms with Gasteiger partial charge in [-0.2, -0.15) is 0 Å². The van der Waals surface area contributed by atoms with E-state index in [0.29, 0.717) is 25.9 Å². The van der Waals surface area contributed by atoms with Gasteiger partial charge in [0.25, 0.3) is 12.2 Å². The molecule has 34 heavy (non-hydrogen) atoms. The highest BCUT2D eigenvalue weighted by atomic mass is 16.6. The molecular formula is C24H30N4O6. The molecule has 10 heteroatoms. The summed E-state index contributed by atoms with van der Waals surface area (Å²) >= 11 is 0. The van der Waals surface area contributed by atoms with Gasteiger partial charge >= 0.3 is 5.97 Å². The number of benzene rings is 2. The third-order valence-corrected chi connectivity index (χ3v) is 6.43. The Hall–Kier alpha value is -3.34. The molecule has 2 aromatic rings. The summed E-state index contributed by atoms with van der Waals surface area (Å²) in [7, 11) is 0. The molecule has 10 nitrogen and oxygen atoms in total. The number of nitro groups is 1. The number of nitrogens with two attached hydrogens (primary N) is 2. The lowest BCUT2D eigenvalue weighted by atomic mass is 9.81. The second kappa shape index (κ2) is 11.2. The normalized spacial score (nSPS) is 18.3. The summed E-state index contributed by atoms with van der Waals surface area (Å²) < 4.78 is 10.7. The van der Waals surface area contributed by atoms with Crippen LogP contribution in [0.1, 0.15) is 30.9 Å². The summed E-state index contributed by atoms with van der Waals surface area (Å²) in [5.41, 5.74) is 12.0. The third-order valence-electron chi connectivity index (χ3n) is 6.43. The zero-order valence-corrected chi connectivity index (χ0v) is 19.0. The van der Waals surface area contributed by atoms with Gasteiger partial charge < -0.3 is 15.2 Å². The van der Waals surface area contributed by atoms with Crippen LogP contribution in [0.4, 0.5) is 5.69 Å². The molecule has 1 aliphatic heterocycles. The van der Waals surface area contributed by atoms with Crippen LogP contribution in [0.15, 0.2) is 54.6 Å². The highest BCUT2D eigenvalue weighted by Crippen LogP contribution is 2.39. The van der Waals surface area contributed by atoms with Gasteiger partial charge in [0.05, 0.1) is 22.6 Å². The fourth-order valence-corrected chi connectivity index (χ4v) is 4.36. The summed E-state index contributed by atoms with van der Waals surface area (Å²) in [6, 6.07) is 15.4. The van der Waals surface area contributed by atoms with Crippen molar-refractivity contribution in [3.05, 3.63) is 75.8 Å². The Morgan fingerprint density at radius 3 is 2.44 bits per heavy atom. The van der Waals surface area contributed by atoms with Crippen LogP contribution < -0.4 is 11.5 Å². The van der Waals surface area contributed by atoms with Crippen LogP contribution in [0.5, 0.6) is 0 Å². The molecule has 3 atom stereocenters. The Morgan fingerprint density at radius 1 is 1.21 bits per heavy atom. The first kappa shape index (κ1) is 25.3. The van der Waals surface area contributed by atoms with E-state index in [1.54, 1.807) is 13.0 Å². The molecule has 0 bridgehead atoms. The molecule has 2 aromatic carbocycles. The van der Waals surface area contributed by atoms with Crippen molar-refractivity contribution in [2.75, 3.05) is 13.1 Å². The number of nitro benzene ring substituents is 1. The first-order valence-corrected chi connectivity index (χ1v) is 11.1. The fraction of sp³-hybridized carbons (Fsp3) is 0.417. The number of hydrogen-bond acceptors (Lipinski definition) is 9. The van der Waals surface area contributed by atoms with Crippen LogP contribution in [0.3, 0.4) is 0 Å². The van der Waals surface area contributed by atoms with Gasteiger partial charge in [-0.05, 0) is 31.4 Å². The predicted octanol–water partition coefficient (Wildman–Crippen LogP) is 2.26. The van der Waals surface area contributed by atoms with Crippen molar-refractivity contribution in [2.45, 2.75) is 38.3 Å². The number of likely N-dealkylation sites (tertiary alicyclic amines) is 1. The average molecular weight is 471 g/mol. The van der Waals surface area contributed by atoms with Gasteiger partial charge in [-0.25, -0.2) is 0 Å². The highest BCUT2D eigenvalue weighted by Gasteiger charge is 2.45. The Balaban J connectivity index is 1.64. The molecule has 1 aliphatic rings. The molecular weight excluding hydrogens is 440 g/mol. The molecule has 0 spiro atoms. The number of ether oxygens (including phenoxy) is 2. The van der Waals surface area contributed by atoms with E-state index in [2.05, 4.69) is 0 Å². The Kier molecular flexibility index (Phi) is 8.32. The standard InChI is InChI=1S/C24H30N4O6/c1-17(23(30)33-15-18-7-3-2-4-8-18)22(25)27-13-11-19(12-14-27)24(26,34-16-29)20-9-5-6-10-21(20)28(31)32/h2-10,16-17,19,22H,11-15,25-26H2,1H3. The minimum atomic E-state index is -1.65. The second-order valence-electron chi connectivity index (χ2n) is 8.46. The van der Waals surface area contributed by atoms with E-state index in [-0.39, 0.29) is 30.2 Å². The van der Waals surface area contributed by atoms with Gasteiger partial charge in [-0.15, -0.1) is 0 Å². The number of hydrogen-bond donors (Lipinski definition) is 2. The van der Waals surface area contributed by atoms with Crippen LogP contribution in [-0.4, -0.2) is 41.5 Å². The van der Waals surface area contributed by atoms with Gasteiger partial charge in [-0.1, -0.05) is 42.5 Å². The molecule has 3 unspecified atom stereocenters. The van der Waals surface area contributed by atoms with Crippen LogP contribution in [0.25, 0.3) is 0 Å².